The number of carbonyl (C=O) groups excluding carboxylic acids is 1. The smallest absolute Gasteiger partial charge is 0.277 e. The number of carbonyl (C=O) groups is 1. The molecule has 1 amide bonds. The third-order valence-corrected chi connectivity index (χ3v) is 6.27. The van der Waals surface area contributed by atoms with Crippen molar-refractivity contribution in [2.75, 3.05) is 37.4 Å². The fourth-order valence-electron chi connectivity index (χ4n) is 3.83. The largest absolute Gasteiger partial charge is 0.416 e. The Morgan fingerprint density at radius 3 is 2.62 bits per heavy atom. The topological polar surface area (TPSA) is 80.5 Å². The summed E-state index contributed by atoms with van der Waals surface area (Å²) in [6.07, 6.45) is 5.98. The molecule has 1 saturated carbocycles. The third-order valence-electron chi connectivity index (χ3n) is 5.45. The summed E-state index contributed by atoms with van der Waals surface area (Å²) < 4.78 is 11.1. The van der Waals surface area contributed by atoms with Gasteiger partial charge < -0.3 is 14.5 Å². The van der Waals surface area contributed by atoms with Gasteiger partial charge in [0.2, 0.25) is 11.8 Å². The predicted molar refractivity (Wildman–Crippen MR) is 112 cm³/mol. The van der Waals surface area contributed by atoms with Gasteiger partial charge >= 0.3 is 0 Å². The second kappa shape index (κ2) is 10.2. The number of rotatable bonds is 7. The lowest BCUT2D eigenvalue weighted by Gasteiger charge is -2.26. The summed E-state index contributed by atoms with van der Waals surface area (Å²) in [5.74, 6) is 1.29. The molecule has 0 atom stereocenters. The molecule has 0 radical (unpaired) electrons. The molecule has 29 heavy (non-hydrogen) atoms. The lowest BCUT2D eigenvalue weighted by atomic mass is 9.89. The molecule has 1 aliphatic carbocycles. The number of thioether (sulfide) groups is 1. The highest BCUT2D eigenvalue weighted by atomic mass is 32.2. The molecule has 1 aromatic carbocycles. The number of anilines is 1. The maximum absolute atomic E-state index is 12.3. The fourth-order valence-corrected chi connectivity index (χ4v) is 4.40. The molecule has 2 fully saturated rings. The van der Waals surface area contributed by atoms with Gasteiger partial charge in [-0.1, -0.05) is 43.2 Å². The summed E-state index contributed by atoms with van der Waals surface area (Å²) in [5.41, 5.74) is 2.04. The first kappa shape index (κ1) is 20.4. The Labute approximate surface area is 175 Å². The van der Waals surface area contributed by atoms with Crippen LogP contribution >= 0.6 is 11.8 Å². The molecule has 0 bridgehead atoms. The second-order valence-electron chi connectivity index (χ2n) is 7.66. The Bertz CT molecular complexity index is 783. The van der Waals surface area contributed by atoms with E-state index in [0.29, 0.717) is 11.1 Å². The van der Waals surface area contributed by atoms with Gasteiger partial charge in [0.1, 0.15) is 0 Å². The Kier molecular flexibility index (Phi) is 7.18. The minimum absolute atomic E-state index is 0.0756. The van der Waals surface area contributed by atoms with E-state index in [-0.39, 0.29) is 11.7 Å². The van der Waals surface area contributed by atoms with E-state index in [1.807, 2.05) is 12.1 Å². The molecule has 7 nitrogen and oxygen atoms in total. The second-order valence-corrected chi connectivity index (χ2v) is 8.59. The molecule has 1 aromatic heterocycles. The van der Waals surface area contributed by atoms with Crippen LogP contribution in [0, 0.1) is 0 Å². The quantitative estimate of drug-likeness (QED) is 0.690. The molecule has 156 valence electrons. The van der Waals surface area contributed by atoms with Gasteiger partial charge in [-0.2, -0.15) is 0 Å². The summed E-state index contributed by atoms with van der Waals surface area (Å²) in [5, 5.41) is 11.7. The van der Waals surface area contributed by atoms with Crippen LogP contribution in [0.4, 0.5) is 5.69 Å². The monoisotopic (exact) mass is 416 g/mol. The van der Waals surface area contributed by atoms with Crippen molar-refractivity contribution in [1.82, 2.24) is 15.1 Å². The van der Waals surface area contributed by atoms with Crippen molar-refractivity contribution in [2.45, 2.75) is 49.8 Å². The van der Waals surface area contributed by atoms with E-state index in [1.165, 1.54) is 36.6 Å². The SMILES string of the molecule is O=C(CSc1nnc(C2CCCCC2)o1)Nc1ccc(CN2CCOCC2)cc1. The van der Waals surface area contributed by atoms with E-state index in [2.05, 4.69) is 32.5 Å². The van der Waals surface area contributed by atoms with E-state index in [4.69, 9.17) is 9.15 Å². The van der Waals surface area contributed by atoms with Crippen LogP contribution in [-0.2, 0) is 16.1 Å². The first-order valence-electron chi connectivity index (χ1n) is 10.4. The Hall–Kier alpha value is -1.90. The number of benzene rings is 1. The van der Waals surface area contributed by atoms with E-state index >= 15 is 0 Å². The van der Waals surface area contributed by atoms with Crippen molar-refractivity contribution >= 4 is 23.4 Å². The number of nitrogens with zero attached hydrogens (tertiary/aromatic N) is 3. The predicted octanol–water partition coefficient (Wildman–Crippen LogP) is 3.68. The number of hydrogen-bond acceptors (Lipinski definition) is 7. The molecule has 1 saturated heterocycles. The van der Waals surface area contributed by atoms with Crippen LogP contribution in [0.3, 0.4) is 0 Å². The van der Waals surface area contributed by atoms with Crippen molar-refractivity contribution in [3.63, 3.8) is 0 Å². The lowest BCUT2D eigenvalue weighted by molar-refractivity contribution is -0.113. The Balaban J connectivity index is 1.21. The molecule has 0 unspecified atom stereocenters. The average molecular weight is 417 g/mol. The maximum atomic E-state index is 12.3. The number of amides is 1. The zero-order valence-electron chi connectivity index (χ0n) is 16.6. The van der Waals surface area contributed by atoms with Gasteiger partial charge in [0.15, 0.2) is 0 Å². The zero-order valence-corrected chi connectivity index (χ0v) is 17.5. The van der Waals surface area contributed by atoms with Crippen molar-refractivity contribution < 1.29 is 13.9 Å². The fraction of sp³-hybridized carbons (Fsp3) is 0.571. The minimum atomic E-state index is -0.0756. The molecule has 1 N–H and O–H groups in total. The summed E-state index contributed by atoms with van der Waals surface area (Å²) >= 11 is 1.29. The molecule has 2 aromatic rings. The molecule has 8 heteroatoms. The summed E-state index contributed by atoms with van der Waals surface area (Å²) in [7, 11) is 0. The third kappa shape index (κ3) is 6.04. The zero-order chi connectivity index (χ0) is 19.9. The van der Waals surface area contributed by atoms with Gasteiger partial charge in [-0.05, 0) is 30.5 Å². The van der Waals surface area contributed by atoms with Gasteiger partial charge in [0.05, 0.1) is 19.0 Å². The van der Waals surface area contributed by atoms with E-state index in [0.717, 1.165) is 57.3 Å². The molecule has 2 aliphatic rings. The van der Waals surface area contributed by atoms with Crippen LogP contribution in [0.2, 0.25) is 0 Å². The first-order valence-corrected chi connectivity index (χ1v) is 11.4. The summed E-state index contributed by atoms with van der Waals surface area (Å²) in [6.45, 7) is 4.44. The van der Waals surface area contributed by atoms with Crippen LogP contribution in [0.15, 0.2) is 33.9 Å². The van der Waals surface area contributed by atoms with Crippen molar-refractivity contribution in [1.29, 1.82) is 0 Å². The van der Waals surface area contributed by atoms with E-state index < -0.39 is 0 Å². The molecule has 0 spiro atoms. The summed E-state index contributed by atoms with van der Waals surface area (Å²) in [4.78, 5) is 14.6. The van der Waals surface area contributed by atoms with Crippen LogP contribution in [0.25, 0.3) is 0 Å². The maximum Gasteiger partial charge on any atom is 0.277 e. The Morgan fingerprint density at radius 2 is 1.86 bits per heavy atom. The summed E-state index contributed by atoms with van der Waals surface area (Å²) in [6, 6.07) is 8.03. The number of aromatic nitrogens is 2. The van der Waals surface area contributed by atoms with Gasteiger partial charge in [-0.25, -0.2) is 0 Å². The van der Waals surface area contributed by atoms with Gasteiger partial charge in [0.25, 0.3) is 5.22 Å². The van der Waals surface area contributed by atoms with Crippen molar-refractivity contribution in [3.8, 4) is 0 Å². The van der Waals surface area contributed by atoms with Gasteiger partial charge in [-0.3, -0.25) is 9.69 Å². The number of morpholine rings is 1. The highest BCUT2D eigenvalue weighted by molar-refractivity contribution is 7.99. The van der Waals surface area contributed by atoms with E-state index in [1.54, 1.807) is 0 Å². The lowest BCUT2D eigenvalue weighted by Crippen LogP contribution is -2.35. The van der Waals surface area contributed by atoms with E-state index in [9.17, 15) is 4.79 Å². The number of hydrogen-bond donors (Lipinski definition) is 1. The highest BCUT2D eigenvalue weighted by Gasteiger charge is 2.21. The average Bonchev–Trinajstić information content (AvgIpc) is 3.24. The number of ether oxygens (including phenoxy) is 1. The standard InChI is InChI=1S/C21H28N4O3S/c26-19(15-29-21-24-23-20(28-21)17-4-2-1-3-5-17)22-18-8-6-16(7-9-18)14-25-10-12-27-13-11-25/h6-9,17H,1-5,10-15H2,(H,22,26). The molecule has 1 aliphatic heterocycles. The Morgan fingerprint density at radius 1 is 1.10 bits per heavy atom. The first-order chi connectivity index (χ1) is 14.3. The van der Waals surface area contributed by atoms with Crippen LogP contribution in [-0.4, -0.2) is 53.1 Å². The van der Waals surface area contributed by atoms with Crippen molar-refractivity contribution in [2.24, 2.45) is 0 Å². The van der Waals surface area contributed by atoms with Crippen molar-refractivity contribution in [3.05, 3.63) is 35.7 Å². The van der Waals surface area contributed by atoms with Gasteiger partial charge in [-0.15, -0.1) is 10.2 Å². The molecular formula is C21H28N4O3S. The molecule has 2 heterocycles. The van der Waals surface area contributed by atoms with Crippen LogP contribution in [0.1, 0.15) is 49.5 Å². The van der Waals surface area contributed by atoms with Crippen LogP contribution < -0.4 is 5.32 Å². The minimum Gasteiger partial charge on any atom is -0.416 e. The van der Waals surface area contributed by atoms with Gasteiger partial charge in [0, 0.05) is 31.2 Å². The highest BCUT2D eigenvalue weighted by Crippen LogP contribution is 2.32. The van der Waals surface area contributed by atoms with Crippen LogP contribution in [0.5, 0.6) is 0 Å². The molecular weight excluding hydrogens is 388 g/mol. The molecule has 4 rings (SSSR count). The normalized spacial score (nSPS) is 18.6. The number of nitrogens with one attached hydrogen (secondary N) is 1.